The van der Waals surface area contributed by atoms with Crippen molar-refractivity contribution in [2.75, 3.05) is 25.1 Å². The van der Waals surface area contributed by atoms with Crippen LogP contribution in [0.1, 0.15) is 48.7 Å². The van der Waals surface area contributed by atoms with Gasteiger partial charge in [-0.1, -0.05) is 25.1 Å². The average molecular weight is 352 g/mol. The van der Waals surface area contributed by atoms with Gasteiger partial charge in [0.15, 0.2) is 0 Å². The van der Waals surface area contributed by atoms with Crippen molar-refractivity contribution in [3.63, 3.8) is 0 Å². The van der Waals surface area contributed by atoms with Crippen LogP contribution in [0.5, 0.6) is 5.75 Å². The molecular formula is C22H28N2O2. The van der Waals surface area contributed by atoms with Gasteiger partial charge in [0.1, 0.15) is 5.75 Å². The topological polar surface area (TPSA) is 41.6 Å². The third kappa shape index (κ3) is 4.37. The number of amides is 1. The summed E-state index contributed by atoms with van der Waals surface area (Å²) in [6.45, 7) is 6.58. The minimum Gasteiger partial charge on any atom is -0.497 e. The molecule has 1 saturated heterocycles. The number of hydrogen-bond donors (Lipinski definition) is 1. The van der Waals surface area contributed by atoms with E-state index in [9.17, 15) is 4.79 Å². The Labute approximate surface area is 156 Å². The molecule has 0 spiro atoms. The maximum atomic E-state index is 12.5. The first-order valence-corrected chi connectivity index (χ1v) is 9.36. The van der Waals surface area contributed by atoms with Gasteiger partial charge in [-0.2, -0.15) is 0 Å². The lowest BCUT2D eigenvalue weighted by molar-refractivity contribution is 0.0939. The molecule has 2 aromatic rings. The van der Waals surface area contributed by atoms with Crippen molar-refractivity contribution < 1.29 is 9.53 Å². The van der Waals surface area contributed by atoms with E-state index in [1.54, 1.807) is 19.2 Å². The molecule has 1 aliphatic heterocycles. The van der Waals surface area contributed by atoms with Gasteiger partial charge in [-0.05, 0) is 61.6 Å². The maximum Gasteiger partial charge on any atom is 0.251 e. The van der Waals surface area contributed by atoms with E-state index in [1.165, 1.54) is 18.5 Å². The van der Waals surface area contributed by atoms with Crippen molar-refractivity contribution in [1.82, 2.24) is 5.32 Å². The number of methoxy groups -OCH3 is 1. The number of hydrogen-bond acceptors (Lipinski definition) is 3. The number of nitrogens with one attached hydrogen (secondary N) is 1. The van der Waals surface area contributed by atoms with E-state index >= 15 is 0 Å². The van der Waals surface area contributed by atoms with E-state index in [0.29, 0.717) is 11.3 Å². The largest absolute Gasteiger partial charge is 0.497 e. The molecule has 1 aliphatic rings. The lowest BCUT2D eigenvalue weighted by atomic mass is 9.99. The van der Waals surface area contributed by atoms with E-state index < -0.39 is 0 Å². The summed E-state index contributed by atoms with van der Waals surface area (Å²) >= 11 is 0. The molecule has 0 bridgehead atoms. The Kier molecular flexibility index (Phi) is 5.82. The smallest absolute Gasteiger partial charge is 0.251 e. The molecule has 138 valence electrons. The summed E-state index contributed by atoms with van der Waals surface area (Å²) in [5, 5.41) is 3.06. The first kappa shape index (κ1) is 18.3. The second-order valence-corrected chi connectivity index (χ2v) is 7.21. The highest BCUT2D eigenvalue weighted by atomic mass is 16.5. The Hall–Kier alpha value is -2.49. The van der Waals surface area contributed by atoms with Crippen molar-refractivity contribution in [2.24, 2.45) is 5.92 Å². The molecule has 4 heteroatoms. The standard InChI is InChI=1S/C22H28N2O2/c1-16-6-5-13-24(15-16)20-11-9-18(10-12-20)17(2)23-22(25)19-7-4-8-21(14-19)26-3/h4,7-12,14,16-17H,5-6,13,15H2,1-3H3,(H,23,25)/t16-,17+/m0/s1. The SMILES string of the molecule is COc1cccc(C(=O)N[C@H](C)c2ccc(N3CCC[C@H](C)C3)cc2)c1. The van der Waals surface area contributed by atoms with Crippen molar-refractivity contribution >= 4 is 11.6 Å². The zero-order chi connectivity index (χ0) is 18.5. The van der Waals surface area contributed by atoms with Crippen molar-refractivity contribution in [2.45, 2.75) is 32.7 Å². The summed E-state index contributed by atoms with van der Waals surface area (Å²) < 4.78 is 5.19. The van der Waals surface area contributed by atoms with Crippen LogP contribution in [-0.2, 0) is 0 Å². The Morgan fingerprint density at radius 1 is 1.23 bits per heavy atom. The molecule has 1 amide bonds. The van der Waals surface area contributed by atoms with Gasteiger partial charge in [0.2, 0.25) is 0 Å². The van der Waals surface area contributed by atoms with Crippen LogP contribution in [0.3, 0.4) is 0 Å². The maximum absolute atomic E-state index is 12.5. The fraction of sp³-hybridized carbons (Fsp3) is 0.409. The molecule has 0 radical (unpaired) electrons. The molecule has 1 N–H and O–H groups in total. The van der Waals surface area contributed by atoms with Gasteiger partial charge in [-0.25, -0.2) is 0 Å². The molecule has 1 fully saturated rings. The lowest BCUT2D eigenvalue weighted by Gasteiger charge is -2.33. The number of rotatable bonds is 5. The third-order valence-corrected chi connectivity index (χ3v) is 5.09. The first-order valence-electron chi connectivity index (χ1n) is 9.36. The number of carbonyl (C=O) groups is 1. The zero-order valence-corrected chi connectivity index (χ0v) is 15.9. The van der Waals surface area contributed by atoms with Gasteiger partial charge in [-0.3, -0.25) is 4.79 Å². The Morgan fingerprint density at radius 3 is 2.69 bits per heavy atom. The molecule has 0 aliphatic carbocycles. The first-order chi connectivity index (χ1) is 12.6. The molecular weight excluding hydrogens is 324 g/mol. The van der Waals surface area contributed by atoms with Crippen LogP contribution in [-0.4, -0.2) is 26.1 Å². The molecule has 3 rings (SSSR count). The van der Waals surface area contributed by atoms with Crippen molar-refractivity contribution in [3.8, 4) is 5.75 Å². The minimum absolute atomic E-state index is 0.0527. The summed E-state index contributed by atoms with van der Waals surface area (Å²) in [4.78, 5) is 14.9. The van der Waals surface area contributed by atoms with Crippen molar-refractivity contribution in [1.29, 1.82) is 0 Å². The number of piperidine rings is 1. The van der Waals surface area contributed by atoms with Crippen LogP contribution in [0.4, 0.5) is 5.69 Å². The summed E-state index contributed by atoms with van der Waals surface area (Å²) in [7, 11) is 1.60. The Balaban J connectivity index is 1.64. The monoisotopic (exact) mass is 352 g/mol. The molecule has 0 unspecified atom stereocenters. The van der Waals surface area contributed by atoms with Gasteiger partial charge in [0.25, 0.3) is 5.91 Å². The minimum atomic E-state index is -0.0923. The molecule has 0 saturated carbocycles. The molecule has 2 atom stereocenters. The van der Waals surface area contributed by atoms with Crippen LogP contribution < -0.4 is 15.0 Å². The van der Waals surface area contributed by atoms with Gasteiger partial charge >= 0.3 is 0 Å². The highest BCUT2D eigenvalue weighted by Crippen LogP contribution is 2.25. The van der Waals surface area contributed by atoms with Gasteiger partial charge in [0, 0.05) is 24.3 Å². The second kappa shape index (κ2) is 8.26. The third-order valence-electron chi connectivity index (χ3n) is 5.09. The van der Waals surface area contributed by atoms with Crippen LogP contribution in [0.25, 0.3) is 0 Å². The highest BCUT2D eigenvalue weighted by Gasteiger charge is 2.17. The fourth-order valence-corrected chi connectivity index (χ4v) is 3.53. The normalized spacial score (nSPS) is 18.3. The molecule has 1 heterocycles. The van der Waals surface area contributed by atoms with E-state index in [-0.39, 0.29) is 11.9 Å². The number of nitrogens with zero attached hydrogens (tertiary/aromatic N) is 1. The molecule has 26 heavy (non-hydrogen) atoms. The zero-order valence-electron chi connectivity index (χ0n) is 15.9. The van der Waals surface area contributed by atoms with Crippen molar-refractivity contribution in [3.05, 3.63) is 59.7 Å². The summed E-state index contributed by atoms with van der Waals surface area (Å²) in [5.41, 5.74) is 2.98. The second-order valence-electron chi connectivity index (χ2n) is 7.21. The predicted molar refractivity (Wildman–Crippen MR) is 106 cm³/mol. The predicted octanol–water partition coefficient (Wildman–Crippen LogP) is 4.42. The highest BCUT2D eigenvalue weighted by molar-refractivity contribution is 5.94. The lowest BCUT2D eigenvalue weighted by Crippen LogP contribution is -2.34. The quantitative estimate of drug-likeness (QED) is 0.866. The van der Waals surface area contributed by atoms with Gasteiger partial charge in [-0.15, -0.1) is 0 Å². The van der Waals surface area contributed by atoms with Crippen LogP contribution >= 0.6 is 0 Å². The summed E-state index contributed by atoms with van der Waals surface area (Å²) in [5.74, 6) is 1.35. The van der Waals surface area contributed by atoms with Crippen LogP contribution in [0.15, 0.2) is 48.5 Å². The van der Waals surface area contributed by atoms with E-state index in [1.807, 2.05) is 19.1 Å². The summed E-state index contributed by atoms with van der Waals surface area (Å²) in [6.07, 6.45) is 2.58. The Morgan fingerprint density at radius 2 is 2.00 bits per heavy atom. The van der Waals surface area contributed by atoms with E-state index in [4.69, 9.17) is 4.74 Å². The van der Waals surface area contributed by atoms with Crippen LogP contribution in [0.2, 0.25) is 0 Å². The Bertz CT molecular complexity index is 742. The van der Waals surface area contributed by atoms with E-state index in [0.717, 1.165) is 24.6 Å². The number of anilines is 1. The molecule has 4 nitrogen and oxygen atoms in total. The van der Waals surface area contributed by atoms with Gasteiger partial charge < -0.3 is 15.0 Å². The van der Waals surface area contributed by atoms with Gasteiger partial charge in [0.05, 0.1) is 13.2 Å². The number of carbonyl (C=O) groups excluding carboxylic acids is 1. The van der Waals surface area contributed by atoms with Crippen LogP contribution in [0, 0.1) is 5.92 Å². The van der Waals surface area contributed by atoms with E-state index in [2.05, 4.69) is 41.4 Å². The number of ether oxygens (including phenoxy) is 1. The molecule has 0 aromatic heterocycles. The summed E-state index contributed by atoms with van der Waals surface area (Å²) in [6, 6.07) is 15.7. The fourth-order valence-electron chi connectivity index (χ4n) is 3.53. The average Bonchev–Trinajstić information content (AvgIpc) is 2.68. The molecule has 2 aromatic carbocycles. The number of benzene rings is 2.